The fourth-order valence-electron chi connectivity index (χ4n) is 0.843. The first-order valence-electron chi connectivity index (χ1n) is 3.43. The summed E-state index contributed by atoms with van der Waals surface area (Å²) >= 11 is 5.71. The Balaban J connectivity index is 3.00. The molecule has 0 saturated heterocycles. The summed E-state index contributed by atoms with van der Waals surface area (Å²) in [5.41, 5.74) is 0.386. The molecule has 0 aliphatic rings. The highest BCUT2D eigenvalue weighted by Gasteiger charge is 2.03. The highest BCUT2D eigenvalue weighted by Crippen LogP contribution is 2.23. The molecule has 0 heterocycles. The lowest BCUT2D eigenvalue weighted by atomic mass is 10.3. The van der Waals surface area contributed by atoms with Gasteiger partial charge in [0, 0.05) is 6.54 Å². The molecule has 60 valence electrons. The van der Waals surface area contributed by atoms with E-state index in [1.54, 1.807) is 12.1 Å². The number of hydrogen-bond acceptors (Lipinski definition) is 1. The molecular weight excluding hydrogens is 165 g/mol. The molecule has 0 spiro atoms. The highest BCUT2D eigenvalue weighted by molar-refractivity contribution is 6.33. The van der Waals surface area contributed by atoms with Crippen molar-refractivity contribution in [2.45, 2.75) is 6.92 Å². The standard InChI is InChI=1S/C8H9ClFN/c1-2-11-8-6(9)4-3-5-7(8)10/h3-5,11H,2H2,1H3. The van der Waals surface area contributed by atoms with E-state index in [0.29, 0.717) is 17.3 Å². The molecule has 1 aromatic rings. The van der Waals surface area contributed by atoms with Crippen LogP contribution in [0.25, 0.3) is 0 Å². The first-order valence-corrected chi connectivity index (χ1v) is 3.81. The molecule has 0 saturated carbocycles. The van der Waals surface area contributed by atoms with E-state index >= 15 is 0 Å². The van der Waals surface area contributed by atoms with E-state index < -0.39 is 0 Å². The topological polar surface area (TPSA) is 12.0 Å². The van der Waals surface area contributed by atoms with Gasteiger partial charge in [-0.25, -0.2) is 4.39 Å². The molecular formula is C8H9ClFN. The molecule has 0 aliphatic carbocycles. The summed E-state index contributed by atoms with van der Waals surface area (Å²) in [6.07, 6.45) is 0. The van der Waals surface area contributed by atoms with Crippen molar-refractivity contribution in [3.63, 3.8) is 0 Å². The lowest BCUT2D eigenvalue weighted by Gasteiger charge is -2.05. The van der Waals surface area contributed by atoms with Crippen LogP contribution < -0.4 is 5.32 Å². The molecule has 11 heavy (non-hydrogen) atoms. The van der Waals surface area contributed by atoms with Gasteiger partial charge in [-0.3, -0.25) is 0 Å². The molecule has 0 fully saturated rings. The Labute approximate surface area is 70.2 Å². The third kappa shape index (κ3) is 1.84. The van der Waals surface area contributed by atoms with E-state index in [4.69, 9.17) is 11.6 Å². The van der Waals surface area contributed by atoms with Crippen LogP contribution >= 0.6 is 11.6 Å². The van der Waals surface area contributed by atoms with Crippen molar-refractivity contribution >= 4 is 17.3 Å². The maximum Gasteiger partial charge on any atom is 0.147 e. The molecule has 0 bridgehead atoms. The summed E-state index contributed by atoms with van der Waals surface area (Å²) in [6, 6.07) is 4.62. The molecule has 1 N–H and O–H groups in total. The average Bonchev–Trinajstić information content (AvgIpc) is 1.97. The van der Waals surface area contributed by atoms with Crippen LogP contribution in [0.15, 0.2) is 18.2 Å². The van der Waals surface area contributed by atoms with Crippen LogP contribution in [0.2, 0.25) is 5.02 Å². The van der Waals surface area contributed by atoms with Crippen LogP contribution in [0.1, 0.15) is 6.92 Å². The predicted octanol–water partition coefficient (Wildman–Crippen LogP) is 2.91. The third-order valence-corrected chi connectivity index (χ3v) is 1.63. The fraction of sp³-hybridized carbons (Fsp3) is 0.250. The van der Waals surface area contributed by atoms with Crippen molar-refractivity contribution in [2.75, 3.05) is 11.9 Å². The van der Waals surface area contributed by atoms with E-state index in [2.05, 4.69) is 5.32 Å². The van der Waals surface area contributed by atoms with Gasteiger partial charge >= 0.3 is 0 Å². The van der Waals surface area contributed by atoms with Crippen LogP contribution in [-0.4, -0.2) is 6.54 Å². The fourth-order valence-corrected chi connectivity index (χ4v) is 1.07. The number of nitrogens with one attached hydrogen (secondary N) is 1. The van der Waals surface area contributed by atoms with Gasteiger partial charge in [-0.2, -0.15) is 0 Å². The number of para-hydroxylation sites is 1. The normalized spacial score (nSPS) is 9.73. The van der Waals surface area contributed by atoms with Gasteiger partial charge in [0.15, 0.2) is 0 Å². The van der Waals surface area contributed by atoms with Crippen molar-refractivity contribution in [1.29, 1.82) is 0 Å². The minimum atomic E-state index is -0.306. The van der Waals surface area contributed by atoms with Crippen molar-refractivity contribution in [3.8, 4) is 0 Å². The van der Waals surface area contributed by atoms with Crippen LogP contribution in [0, 0.1) is 5.82 Å². The second kappa shape index (κ2) is 3.58. The maximum atomic E-state index is 12.9. The molecule has 1 rings (SSSR count). The molecule has 0 aliphatic heterocycles. The summed E-state index contributed by atoms with van der Waals surface area (Å²) in [6.45, 7) is 2.56. The number of halogens is 2. The maximum absolute atomic E-state index is 12.9. The minimum Gasteiger partial charge on any atom is -0.382 e. The lowest BCUT2D eigenvalue weighted by molar-refractivity contribution is 0.630. The van der Waals surface area contributed by atoms with Crippen molar-refractivity contribution in [3.05, 3.63) is 29.0 Å². The molecule has 0 radical (unpaired) electrons. The van der Waals surface area contributed by atoms with Gasteiger partial charge in [0.2, 0.25) is 0 Å². The van der Waals surface area contributed by atoms with Gasteiger partial charge in [0.25, 0.3) is 0 Å². The number of anilines is 1. The van der Waals surface area contributed by atoms with Gasteiger partial charge < -0.3 is 5.32 Å². The molecule has 1 aromatic carbocycles. The van der Waals surface area contributed by atoms with Gasteiger partial charge in [-0.05, 0) is 19.1 Å². The van der Waals surface area contributed by atoms with Crippen molar-refractivity contribution in [1.82, 2.24) is 0 Å². The third-order valence-electron chi connectivity index (χ3n) is 1.32. The number of benzene rings is 1. The van der Waals surface area contributed by atoms with Gasteiger partial charge in [-0.1, -0.05) is 17.7 Å². The van der Waals surface area contributed by atoms with Crippen LogP contribution in [-0.2, 0) is 0 Å². The SMILES string of the molecule is CCNc1c(F)cccc1Cl. The van der Waals surface area contributed by atoms with Crippen LogP contribution in [0.3, 0.4) is 0 Å². The second-order valence-electron chi connectivity index (χ2n) is 2.13. The zero-order valence-corrected chi connectivity index (χ0v) is 6.95. The van der Waals surface area contributed by atoms with Gasteiger partial charge in [0.05, 0.1) is 10.7 Å². The number of hydrogen-bond donors (Lipinski definition) is 1. The summed E-state index contributed by atoms with van der Waals surface area (Å²) in [4.78, 5) is 0. The van der Waals surface area contributed by atoms with E-state index in [-0.39, 0.29) is 5.82 Å². The van der Waals surface area contributed by atoms with E-state index in [0.717, 1.165) is 0 Å². The lowest BCUT2D eigenvalue weighted by Crippen LogP contribution is -1.99. The monoisotopic (exact) mass is 173 g/mol. The van der Waals surface area contributed by atoms with E-state index in [9.17, 15) is 4.39 Å². The quantitative estimate of drug-likeness (QED) is 0.725. The Morgan fingerprint density at radius 3 is 2.82 bits per heavy atom. The van der Waals surface area contributed by atoms with Crippen molar-refractivity contribution in [2.24, 2.45) is 0 Å². The smallest absolute Gasteiger partial charge is 0.147 e. The predicted molar refractivity (Wildman–Crippen MR) is 45.6 cm³/mol. The first-order chi connectivity index (χ1) is 5.25. The average molecular weight is 174 g/mol. The zero-order chi connectivity index (χ0) is 8.27. The molecule has 3 heteroatoms. The Hall–Kier alpha value is -0.760. The largest absolute Gasteiger partial charge is 0.382 e. The Morgan fingerprint density at radius 2 is 2.27 bits per heavy atom. The van der Waals surface area contributed by atoms with Crippen LogP contribution in [0.4, 0.5) is 10.1 Å². The van der Waals surface area contributed by atoms with Gasteiger partial charge in [0.1, 0.15) is 5.82 Å². The highest BCUT2D eigenvalue weighted by atomic mass is 35.5. The Kier molecular flexibility index (Phi) is 2.71. The van der Waals surface area contributed by atoms with E-state index in [1.165, 1.54) is 6.07 Å². The Bertz CT molecular complexity index is 230. The molecule has 1 nitrogen and oxygen atoms in total. The van der Waals surface area contributed by atoms with Crippen molar-refractivity contribution < 1.29 is 4.39 Å². The van der Waals surface area contributed by atoms with E-state index in [1.807, 2.05) is 6.92 Å². The number of rotatable bonds is 2. The molecule has 0 atom stereocenters. The Morgan fingerprint density at radius 1 is 1.55 bits per heavy atom. The summed E-state index contributed by atoms with van der Waals surface area (Å²) in [7, 11) is 0. The molecule has 0 aromatic heterocycles. The second-order valence-corrected chi connectivity index (χ2v) is 2.53. The summed E-state index contributed by atoms with van der Waals surface area (Å²) < 4.78 is 12.9. The molecule has 0 unspecified atom stereocenters. The summed E-state index contributed by atoms with van der Waals surface area (Å²) in [5, 5.41) is 3.26. The van der Waals surface area contributed by atoms with Crippen LogP contribution in [0.5, 0.6) is 0 Å². The van der Waals surface area contributed by atoms with Gasteiger partial charge in [-0.15, -0.1) is 0 Å². The summed E-state index contributed by atoms with van der Waals surface area (Å²) in [5.74, 6) is -0.306. The molecule has 0 amide bonds. The minimum absolute atomic E-state index is 0.306. The first kappa shape index (κ1) is 8.34. The zero-order valence-electron chi connectivity index (χ0n) is 6.20.